The van der Waals surface area contributed by atoms with E-state index in [1.807, 2.05) is 19.1 Å². The van der Waals surface area contributed by atoms with E-state index in [4.69, 9.17) is 4.74 Å². The summed E-state index contributed by atoms with van der Waals surface area (Å²) in [5, 5.41) is 10.8. The van der Waals surface area contributed by atoms with E-state index < -0.39 is 12.8 Å². The van der Waals surface area contributed by atoms with E-state index in [9.17, 15) is 13.2 Å². The molecule has 4 rings (SSSR count). The molecule has 154 valence electrons. The van der Waals surface area contributed by atoms with Crippen molar-refractivity contribution in [3.63, 3.8) is 0 Å². The Hall–Kier alpha value is -3.69. The van der Waals surface area contributed by atoms with Crippen LogP contribution in [-0.4, -0.2) is 42.7 Å². The number of nitrogens with one attached hydrogen (secondary N) is 1. The largest absolute Gasteiger partial charge is 0.484 e. The fraction of sp³-hybridized carbons (Fsp3) is 0.200. The number of aromatic amines is 1. The molecule has 1 N–H and O–H groups in total. The van der Waals surface area contributed by atoms with Gasteiger partial charge in [0.15, 0.2) is 6.61 Å². The van der Waals surface area contributed by atoms with Crippen molar-refractivity contribution in [2.45, 2.75) is 19.6 Å². The molecule has 0 aliphatic heterocycles. The van der Waals surface area contributed by atoms with Crippen LogP contribution < -0.4 is 4.74 Å². The zero-order valence-corrected chi connectivity index (χ0v) is 15.9. The monoisotopic (exact) mass is 414 g/mol. The van der Waals surface area contributed by atoms with Gasteiger partial charge in [-0.25, -0.2) is 4.98 Å². The van der Waals surface area contributed by atoms with Crippen LogP contribution in [0.5, 0.6) is 5.75 Å². The molecule has 1 aromatic carbocycles. The first-order valence-electron chi connectivity index (χ1n) is 9.02. The molecular weight excluding hydrogens is 397 g/mol. The molecule has 0 unspecified atom stereocenters. The molecule has 0 aliphatic carbocycles. The number of aryl methyl sites for hydroxylation is 1. The van der Waals surface area contributed by atoms with Crippen LogP contribution in [0.3, 0.4) is 0 Å². The summed E-state index contributed by atoms with van der Waals surface area (Å²) in [5.74, 6) is 0.187. The molecule has 0 fully saturated rings. The predicted molar refractivity (Wildman–Crippen MR) is 103 cm³/mol. The molecule has 0 radical (unpaired) electrons. The zero-order chi connectivity index (χ0) is 21.1. The summed E-state index contributed by atoms with van der Waals surface area (Å²) in [4.78, 5) is 8.74. The van der Waals surface area contributed by atoms with E-state index >= 15 is 0 Å². The number of hydrogen-bond donors (Lipinski definition) is 1. The molecule has 0 saturated heterocycles. The normalized spacial score (nSPS) is 11.6. The Balaban J connectivity index is 1.54. The van der Waals surface area contributed by atoms with Gasteiger partial charge >= 0.3 is 6.18 Å². The van der Waals surface area contributed by atoms with Gasteiger partial charge in [-0.3, -0.25) is 4.98 Å². The number of rotatable bonds is 6. The number of hydrogen-bond acceptors (Lipinski definition) is 5. The number of nitrogens with zero attached hydrogens (tertiary/aromatic N) is 5. The first-order chi connectivity index (χ1) is 14.4. The molecule has 0 aliphatic rings. The number of alkyl halides is 3. The first kappa shape index (κ1) is 19.6. The number of ether oxygens (including phenoxy) is 1. The number of halogens is 3. The van der Waals surface area contributed by atoms with Crippen LogP contribution in [0.25, 0.3) is 22.6 Å². The van der Waals surface area contributed by atoms with Crippen molar-refractivity contribution < 1.29 is 17.9 Å². The van der Waals surface area contributed by atoms with Crippen molar-refractivity contribution in [1.82, 2.24) is 29.9 Å². The van der Waals surface area contributed by atoms with Gasteiger partial charge in [0.25, 0.3) is 0 Å². The Morgan fingerprint density at radius 3 is 2.67 bits per heavy atom. The minimum absolute atomic E-state index is 0.187. The summed E-state index contributed by atoms with van der Waals surface area (Å²) < 4.78 is 44.2. The quantitative estimate of drug-likeness (QED) is 0.515. The standard InChI is InChI=1S/C20H17F3N6O/c1-13-19(27-28-26-13)14-6-7-24-16(8-14)17-10-29(12-25-17)9-15-4-2-3-5-18(15)30-11-20(21,22)23/h2-8,10,12H,9,11H2,1H3,(H,26,27,28). The van der Waals surface area contributed by atoms with Crippen LogP contribution in [0, 0.1) is 6.92 Å². The Morgan fingerprint density at radius 2 is 1.90 bits per heavy atom. The van der Waals surface area contributed by atoms with Crippen LogP contribution in [0.1, 0.15) is 11.3 Å². The Kier molecular flexibility index (Phi) is 5.21. The molecule has 3 aromatic heterocycles. The maximum absolute atomic E-state index is 12.5. The van der Waals surface area contributed by atoms with E-state index in [1.165, 1.54) is 6.07 Å². The summed E-state index contributed by atoms with van der Waals surface area (Å²) >= 11 is 0. The lowest BCUT2D eigenvalue weighted by atomic mass is 10.1. The van der Waals surface area contributed by atoms with Crippen molar-refractivity contribution in [1.29, 1.82) is 0 Å². The molecule has 10 heteroatoms. The molecule has 0 spiro atoms. The van der Waals surface area contributed by atoms with E-state index in [1.54, 1.807) is 41.5 Å². The van der Waals surface area contributed by atoms with Gasteiger partial charge in [-0.05, 0) is 25.1 Å². The summed E-state index contributed by atoms with van der Waals surface area (Å²) in [6.45, 7) is 0.826. The van der Waals surface area contributed by atoms with Gasteiger partial charge in [0.05, 0.1) is 24.3 Å². The second-order valence-electron chi connectivity index (χ2n) is 6.63. The van der Waals surface area contributed by atoms with Crippen LogP contribution in [0.15, 0.2) is 55.1 Å². The number of benzene rings is 1. The highest BCUT2D eigenvalue weighted by atomic mass is 19.4. The van der Waals surface area contributed by atoms with Crippen molar-refractivity contribution >= 4 is 0 Å². The number of H-pyrrole nitrogens is 1. The number of imidazole rings is 1. The summed E-state index contributed by atoms with van der Waals surface area (Å²) in [5.41, 5.74) is 4.25. The maximum Gasteiger partial charge on any atom is 0.422 e. The highest BCUT2D eigenvalue weighted by molar-refractivity contribution is 5.67. The van der Waals surface area contributed by atoms with E-state index in [0.717, 1.165) is 17.0 Å². The fourth-order valence-corrected chi connectivity index (χ4v) is 2.99. The molecular formula is C20H17F3N6O. The molecule has 3 heterocycles. The number of pyridine rings is 1. The van der Waals surface area contributed by atoms with Gasteiger partial charge < -0.3 is 9.30 Å². The topological polar surface area (TPSA) is 81.5 Å². The van der Waals surface area contributed by atoms with Crippen LogP contribution in [0.4, 0.5) is 13.2 Å². The molecule has 4 aromatic rings. The van der Waals surface area contributed by atoms with Gasteiger partial charge in [0, 0.05) is 23.5 Å². The van der Waals surface area contributed by atoms with Gasteiger partial charge in [-0.1, -0.05) is 18.2 Å². The second kappa shape index (κ2) is 7.97. The van der Waals surface area contributed by atoms with Gasteiger partial charge in [0.2, 0.25) is 0 Å². The van der Waals surface area contributed by atoms with Crippen LogP contribution in [-0.2, 0) is 6.54 Å². The minimum atomic E-state index is -4.39. The van der Waals surface area contributed by atoms with Crippen molar-refractivity contribution in [3.8, 4) is 28.4 Å². The van der Waals surface area contributed by atoms with E-state index in [0.29, 0.717) is 23.5 Å². The van der Waals surface area contributed by atoms with Crippen molar-refractivity contribution in [2.75, 3.05) is 6.61 Å². The smallest absolute Gasteiger partial charge is 0.422 e. The summed E-state index contributed by atoms with van der Waals surface area (Å²) in [6.07, 6.45) is 0.653. The van der Waals surface area contributed by atoms with E-state index in [2.05, 4.69) is 25.4 Å². The average molecular weight is 414 g/mol. The SMILES string of the molecule is Cc1n[nH]nc1-c1ccnc(-c2cn(Cc3ccccc3OCC(F)(F)F)cn2)c1. The van der Waals surface area contributed by atoms with Crippen molar-refractivity contribution in [3.05, 3.63) is 66.4 Å². The summed E-state index contributed by atoms with van der Waals surface area (Å²) in [7, 11) is 0. The highest BCUT2D eigenvalue weighted by Gasteiger charge is 2.28. The average Bonchev–Trinajstić information content (AvgIpc) is 3.36. The third kappa shape index (κ3) is 4.48. The Bertz CT molecular complexity index is 1150. The predicted octanol–water partition coefficient (Wildman–Crippen LogP) is 4.03. The number of para-hydroxylation sites is 1. The maximum atomic E-state index is 12.5. The second-order valence-corrected chi connectivity index (χ2v) is 6.63. The number of aromatic nitrogens is 6. The Labute approximate surface area is 169 Å². The van der Waals surface area contributed by atoms with Crippen LogP contribution >= 0.6 is 0 Å². The molecule has 30 heavy (non-hydrogen) atoms. The lowest BCUT2D eigenvalue weighted by molar-refractivity contribution is -0.153. The molecule has 0 bridgehead atoms. The van der Waals surface area contributed by atoms with Gasteiger partial charge in [0.1, 0.15) is 17.1 Å². The van der Waals surface area contributed by atoms with Crippen LogP contribution in [0.2, 0.25) is 0 Å². The van der Waals surface area contributed by atoms with Gasteiger partial charge in [-0.15, -0.1) is 0 Å². The van der Waals surface area contributed by atoms with Gasteiger partial charge in [-0.2, -0.15) is 28.6 Å². The lowest BCUT2D eigenvalue weighted by Crippen LogP contribution is -2.19. The molecule has 0 saturated carbocycles. The zero-order valence-electron chi connectivity index (χ0n) is 15.9. The minimum Gasteiger partial charge on any atom is -0.484 e. The molecule has 0 atom stereocenters. The highest BCUT2D eigenvalue weighted by Crippen LogP contribution is 2.25. The van der Waals surface area contributed by atoms with E-state index in [-0.39, 0.29) is 5.75 Å². The Morgan fingerprint density at radius 1 is 1.07 bits per heavy atom. The molecule has 0 amide bonds. The fourth-order valence-electron chi connectivity index (χ4n) is 2.99. The third-order valence-corrected chi connectivity index (χ3v) is 4.37. The lowest BCUT2D eigenvalue weighted by Gasteiger charge is -2.13. The third-order valence-electron chi connectivity index (χ3n) is 4.37. The van der Waals surface area contributed by atoms with Crippen molar-refractivity contribution in [2.24, 2.45) is 0 Å². The molecule has 7 nitrogen and oxygen atoms in total. The summed E-state index contributed by atoms with van der Waals surface area (Å²) in [6, 6.07) is 10.3. The first-order valence-corrected chi connectivity index (χ1v) is 9.02.